The molecule has 0 saturated carbocycles. The molecule has 0 aliphatic rings. The van der Waals surface area contributed by atoms with E-state index in [1.54, 1.807) is 12.2 Å². The monoisotopic (exact) mass is 302 g/mol. The topological polar surface area (TPSA) is 52.6 Å². The van der Waals surface area contributed by atoms with E-state index < -0.39 is 0 Å². The second-order valence-corrected chi connectivity index (χ2v) is 4.76. The number of aryl methyl sites for hydroxylation is 2. The summed E-state index contributed by atoms with van der Waals surface area (Å²) in [6.45, 7) is 7.48. The van der Waals surface area contributed by atoms with Gasteiger partial charge in [-0.1, -0.05) is 49.6 Å². The van der Waals surface area contributed by atoms with E-state index in [-0.39, 0.29) is 25.2 Å². The Labute approximate surface area is 131 Å². The zero-order valence-corrected chi connectivity index (χ0v) is 12.8. The normalized spacial score (nSPS) is 9.82. The van der Waals surface area contributed by atoms with Crippen LogP contribution >= 0.6 is 0 Å². The Morgan fingerprint density at radius 2 is 1.18 bits per heavy atom. The van der Waals surface area contributed by atoms with Crippen molar-refractivity contribution in [2.45, 2.75) is 25.7 Å². The molecule has 0 radical (unpaired) electrons. The molecule has 0 bridgehead atoms. The number of benzene rings is 1. The summed E-state index contributed by atoms with van der Waals surface area (Å²) in [5, 5.41) is 0. The zero-order chi connectivity index (χ0) is 16.2. The standard InChI is InChI=1S/C18H22O4/c1-3-13-21-17(19)11-9-15-5-7-16(8-6-15)10-12-18(20)22-14-4-2/h3-8H,1-2,9-14H2. The molecule has 0 atom stereocenters. The van der Waals surface area contributed by atoms with Crippen molar-refractivity contribution >= 4 is 11.9 Å². The molecule has 0 aliphatic heterocycles. The van der Waals surface area contributed by atoms with Gasteiger partial charge in [-0.25, -0.2) is 0 Å². The van der Waals surface area contributed by atoms with E-state index in [4.69, 9.17) is 9.47 Å². The third-order valence-corrected chi connectivity index (χ3v) is 2.98. The van der Waals surface area contributed by atoms with Gasteiger partial charge in [-0.15, -0.1) is 0 Å². The Morgan fingerprint density at radius 1 is 0.818 bits per heavy atom. The van der Waals surface area contributed by atoms with Crippen LogP contribution in [0.2, 0.25) is 0 Å². The summed E-state index contributed by atoms with van der Waals surface area (Å²) in [7, 11) is 0. The third-order valence-electron chi connectivity index (χ3n) is 2.98. The van der Waals surface area contributed by atoms with Gasteiger partial charge in [0.05, 0.1) is 0 Å². The first-order chi connectivity index (χ1) is 10.7. The van der Waals surface area contributed by atoms with Crippen LogP contribution < -0.4 is 0 Å². The first kappa shape index (κ1) is 17.7. The SMILES string of the molecule is C=CCOC(=O)CCc1ccc(CCC(=O)OCC=C)cc1. The fraction of sp³-hybridized carbons (Fsp3) is 0.333. The lowest BCUT2D eigenvalue weighted by Crippen LogP contribution is -2.06. The smallest absolute Gasteiger partial charge is 0.306 e. The first-order valence-electron chi connectivity index (χ1n) is 7.26. The van der Waals surface area contributed by atoms with E-state index in [0.717, 1.165) is 11.1 Å². The van der Waals surface area contributed by atoms with E-state index in [1.807, 2.05) is 24.3 Å². The van der Waals surface area contributed by atoms with E-state index in [2.05, 4.69) is 13.2 Å². The van der Waals surface area contributed by atoms with Gasteiger partial charge in [0.2, 0.25) is 0 Å². The largest absolute Gasteiger partial charge is 0.461 e. The van der Waals surface area contributed by atoms with Crippen molar-refractivity contribution in [2.75, 3.05) is 13.2 Å². The number of esters is 2. The zero-order valence-electron chi connectivity index (χ0n) is 12.8. The Bertz CT molecular complexity index is 455. The van der Waals surface area contributed by atoms with Gasteiger partial charge in [0.25, 0.3) is 0 Å². The average Bonchev–Trinajstić information content (AvgIpc) is 2.55. The highest BCUT2D eigenvalue weighted by molar-refractivity contribution is 5.70. The van der Waals surface area contributed by atoms with Crippen LogP contribution in [0.1, 0.15) is 24.0 Å². The molecule has 22 heavy (non-hydrogen) atoms. The van der Waals surface area contributed by atoms with Crippen LogP contribution in [-0.2, 0) is 31.9 Å². The summed E-state index contributed by atoms with van der Waals surface area (Å²) in [6, 6.07) is 7.85. The van der Waals surface area contributed by atoms with Gasteiger partial charge in [-0.3, -0.25) is 9.59 Å². The molecule has 0 aliphatic carbocycles. The Balaban J connectivity index is 2.33. The van der Waals surface area contributed by atoms with Crippen molar-refractivity contribution in [3.05, 3.63) is 60.7 Å². The minimum absolute atomic E-state index is 0.228. The lowest BCUT2D eigenvalue weighted by atomic mass is 10.0. The van der Waals surface area contributed by atoms with E-state index in [1.165, 1.54) is 0 Å². The molecule has 0 spiro atoms. The fourth-order valence-electron chi connectivity index (χ4n) is 1.81. The second-order valence-electron chi connectivity index (χ2n) is 4.76. The van der Waals surface area contributed by atoms with Gasteiger partial charge in [0.1, 0.15) is 13.2 Å². The number of carbonyl (C=O) groups is 2. The molecule has 0 amide bonds. The van der Waals surface area contributed by atoms with Crippen LogP contribution in [0.5, 0.6) is 0 Å². The summed E-state index contributed by atoms with van der Waals surface area (Å²) in [6.07, 6.45) is 5.07. The molecule has 4 heteroatoms. The van der Waals surface area contributed by atoms with Gasteiger partial charge in [0, 0.05) is 12.8 Å². The van der Waals surface area contributed by atoms with Gasteiger partial charge < -0.3 is 9.47 Å². The summed E-state index contributed by atoms with van der Waals surface area (Å²) < 4.78 is 9.84. The number of ether oxygens (including phenoxy) is 2. The predicted molar refractivity (Wildman–Crippen MR) is 85.4 cm³/mol. The summed E-state index contributed by atoms with van der Waals surface area (Å²) in [5.74, 6) is -0.456. The molecular formula is C18H22O4. The number of carbonyl (C=O) groups excluding carboxylic acids is 2. The molecule has 0 saturated heterocycles. The maximum Gasteiger partial charge on any atom is 0.306 e. The third kappa shape index (κ3) is 7.43. The van der Waals surface area contributed by atoms with Crippen molar-refractivity contribution in [1.29, 1.82) is 0 Å². The molecule has 1 aromatic rings. The lowest BCUT2D eigenvalue weighted by Gasteiger charge is -2.05. The van der Waals surface area contributed by atoms with Crippen LogP contribution in [0, 0.1) is 0 Å². The summed E-state index contributed by atoms with van der Waals surface area (Å²) in [5.41, 5.74) is 2.13. The number of rotatable bonds is 10. The van der Waals surface area contributed by atoms with E-state index in [9.17, 15) is 9.59 Å². The average molecular weight is 302 g/mol. The fourth-order valence-corrected chi connectivity index (χ4v) is 1.81. The molecule has 1 aromatic carbocycles. The Morgan fingerprint density at radius 3 is 1.50 bits per heavy atom. The molecule has 0 unspecified atom stereocenters. The Hall–Kier alpha value is -2.36. The minimum atomic E-state index is -0.228. The van der Waals surface area contributed by atoms with Crippen molar-refractivity contribution in [2.24, 2.45) is 0 Å². The molecule has 0 aromatic heterocycles. The molecule has 0 heterocycles. The van der Waals surface area contributed by atoms with Crippen LogP contribution in [0.4, 0.5) is 0 Å². The van der Waals surface area contributed by atoms with Crippen molar-refractivity contribution < 1.29 is 19.1 Å². The highest BCUT2D eigenvalue weighted by Crippen LogP contribution is 2.09. The minimum Gasteiger partial charge on any atom is -0.461 e. The van der Waals surface area contributed by atoms with Gasteiger partial charge >= 0.3 is 11.9 Å². The maximum absolute atomic E-state index is 11.4. The first-order valence-corrected chi connectivity index (χ1v) is 7.26. The molecular weight excluding hydrogens is 280 g/mol. The molecule has 1 rings (SSSR count). The van der Waals surface area contributed by atoms with E-state index in [0.29, 0.717) is 25.7 Å². The van der Waals surface area contributed by atoms with Gasteiger partial charge in [-0.05, 0) is 24.0 Å². The van der Waals surface area contributed by atoms with Crippen molar-refractivity contribution in [3.63, 3.8) is 0 Å². The van der Waals surface area contributed by atoms with Crippen LogP contribution in [0.25, 0.3) is 0 Å². The molecule has 118 valence electrons. The van der Waals surface area contributed by atoms with Crippen molar-refractivity contribution in [3.8, 4) is 0 Å². The molecule has 0 N–H and O–H groups in total. The molecule has 0 fully saturated rings. The number of hydrogen-bond donors (Lipinski definition) is 0. The van der Waals surface area contributed by atoms with Crippen LogP contribution in [0.3, 0.4) is 0 Å². The summed E-state index contributed by atoms with van der Waals surface area (Å²) in [4.78, 5) is 22.8. The maximum atomic E-state index is 11.4. The second kappa shape index (κ2) is 10.4. The number of hydrogen-bond acceptors (Lipinski definition) is 4. The predicted octanol–water partition coefficient (Wildman–Crippen LogP) is 3.01. The highest BCUT2D eigenvalue weighted by Gasteiger charge is 2.05. The van der Waals surface area contributed by atoms with Crippen LogP contribution in [0.15, 0.2) is 49.6 Å². The van der Waals surface area contributed by atoms with Crippen molar-refractivity contribution in [1.82, 2.24) is 0 Å². The lowest BCUT2D eigenvalue weighted by molar-refractivity contribution is -0.143. The highest BCUT2D eigenvalue weighted by atomic mass is 16.5. The van der Waals surface area contributed by atoms with Crippen LogP contribution in [-0.4, -0.2) is 25.2 Å². The van der Waals surface area contributed by atoms with Gasteiger partial charge in [0.15, 0.2) is 0 Å². The summed E-state index contributed by atoms with van der Waals surface area (Å²) >= 11 is 0. The quantitative estimate of drug-likeness (QED) is 0.492. The van der Waals surface area contributed by atoms with Gasteiger partial charge in [-0.2, -0.15) is 0 Å². The Kier molecular flexibility index (Phi) is 8.35. The molecule has 4 nitrogen and oxygen atoms in total. The van der Waals surface area contributed by atoms with E-state index >= 15 is 0 Å².